The molecule has 0 spiro atoms. The minimum atomic E-state index is -3.77. The maximum absolute atomic E-state index is 14.6. The Bertz CT molecular complexity index is 707. The molecule has 11 heteroatoms. The first-order valence-electron chi connectivity index (χ1n) is 6.81. The van der Waals surface area contributed by atoms with E-state index in [1.54, 1.807) is 0 Å². The van der Waals surface area contributed by atoms with Crippen LogP contribution >= 0.6 is 0 Å². The largest absolute Gasteiger partial charge is 0.463 e. The van der Waals surface area contributed by atoms with Crippen LogP contribution in [-0.4, -0.2) is 46.2 Å². The molecule has 0 amide bonds. The monoisotopic (exact) mass is 347 g/mol. The Balaban J connectivity index is 2.37. The molecule has 2 rings (SSSR count). The topological polar surface area (TPSA) is 123 Å². The highest BCUT2D eigenvalue weighted by molar-refractivity contribution is 5.66. The maximum atomic E-state index is 14.6. The summed E-state index contributed by atoms with van der Waals surface area (Å²) in [5, 5.41) is 0. The average molecular weight is 347 g/mol. The molecule has 2 N–H and O–H groups in total. The smallest absolute Gasteiger partial charge is 0.351 e. The Morgan fingerprint density at radius 3 is 2.62 bits per heavy atom. The first kappa shape index (κ1) is 17.8. The molecule has 0 radical (unpaired) electrons. The summed E-state index contributed by atoms with van der Waals surface area (Å²) in [5.41, 5.74) is 4.25. The van der Waals surface area contributed by atoms with Crippen LogP contribution in [0.4, 0.5) is 14.6 Å². The van der Waals surface area contributed by atoms with E-state index in [1.807, 2.05) is 0 Å². The Hall–Kier alpha value is -2.56. The van der Waals surface area contributed by atoms with Gasteiger partial charge >= 0.3 is 23.6 Å². The van der Waals surface area contributed by atoms with Crippen molar-refractivity contribution in [1.29, 1.82) is 0 Å². The van der Waals surface area contributed by atoms with Crippen molar-refractivity contribution < 1.29 is 32.6 Å². The average Bonchev–Trinajstić information content (AvgIpc) is 2.68. The van der Waals surface area contributed by atoms with Crippen molar-refractivity contribution in [3.8, 4) is 0 Å². The van der Waals surface area contributed by atoms with E-state index in [0.717, 1.165) is 26.1 Å². The lowest BCUT2D eigenvalue weighted by molar-refractivity contribution is -0.174. The number of carbonyl (C=O) groups is 2. The molecule has 3 atom stereocenters. The molecule has 0 saturated carbocycles. The van der Waals surface area contributed by atoms with E-state index in [9.17, 15) is 23.2 Å². The number of ether oxygens (including phenoxy) is 3. The van der Waals surface area contributed by atoms with Gasteiger partial charge in [-0.2, -0.15) is 13.8 Å². The Morgan fingerprint density at radius 1 is 1.42 bits per heavy atom. The normalized spacial score (nSPS) is 25.2. The number of esters is 2. The first-order valence-corrected chi connectivity index (χ1v) is 6.81. The van der Waals surface area contributed by atoms with E-state index >= 15 is 0 Å². The highest BCUT2D eigenvalue weighted by atomic mass is 19.3. The van der Waals surface area contributed by atoms with Crippen molar-refractivity contribution in [2.45, 2.75) is 38.2 Å². The number of nitrogens with two attached hydrogens (primary N) is 1. The predicted molar refractivity (Wildman–Crippen MR) is 74.0 cm³/mol. The molecule has 9 nitrogen and oxygen atoms in total. The fraction of sp³-hybridized carbons (Fsp3) is 0.538. The predicted octanol–water partition coefficient (Wildman–Crippen LogP) is -0.147. The zero-order valence-corrected chi connectivity index (χ0v) is 12.8. The first-order chi connectivity index (χ1) is 11.1. The summed E-state index contributed by atoms with van der Waals surface area (Å²) in [6.45, 7) is 1.46. The molecule has 0 aliphatic carbocycles. The number of hydrogen-bond acceptors (Lipinski definition) is 8. The lowest BCUT2D eigenvalue weighted by Crippen LogP contribution is -2.44. The summed E-state index contributed by atoms with van der Waals surface area (Å²) in [6.07, 6.45) is -4.60. The molecule has 2 heterocycles. The van der Waals surface area contributed by atoms with Crippen molar-refractivity contribution in [2.24, 2.45) is 0 Å². The third-order valence-corrected chi connectivity index (χ3v) is 3.20. The Kier molecular flexibility index (Phi) is 4.83. The van der Waals surface area contributed by atoms with Crippen molar-refractivity contribution in [3.05, 3.63) is 22.7 Å². The number of aromatic nitrogens is 2. The van der Waals surface area contributed by atoms with Gasteiger partial charge in [-0.15, -0.1) is 0 Å². The molecule has 1 fully saturated rings. The molecule has 1 saturated heterocycles. The molecular formula is C13H15F2N3O6. The highest BCUT2D eigenvalue weighted by Gasteiger charge is 2.62. The second kappa shape index (κ2) is 6.51. The van der Waals surface area contributed by atoms with Crippen LogP contribution in [0.5, 0.6) is 0 Å². The quantitative estimate of drug-likeness (QED) is 0.746. The lowest BCUT2D eigenvalue weighted by Gasteiger charge is -2.23. The summed E-state index contributed by atoms with van der Waals surface area (Å²) in [6, 6.07) is 1.14. The van der Waals surface area contributed by atoms with Gasteiger partial charge in [0.2, 0.25) is 6.23 Å². The molecule has 24 heavy (non-hydrogen) atoms. The maximum Gasteiger partial charge on any atom is 0.351 e. The summed E-state index contributed by atoms with van der Waals surface area (Å²) in [4.78, 5) is 37.1. The van der Waals surface area contributed by atoms with Crippen LogP contribution in [0.3, 0.4) is 0 Å². The van der Waals surface area contributed by atoms with E-state index in [-0.39, 0.29) is 5.82 Å². The van der Waals surface area contributed by atoms with Gasteiger partial charge in [0.1, 0.15) is 18.5 Å². The molecule has 1 aliphatic rings. The van der Waals surface area contributed by atoms with Gasteiger partial charge in [-0.25, -0.2) is 4.79 Å². The lowest BCUT2D eigenvalue weighted by atomic mass is 10.1. The number of hydrogen-bond donors (Lipinski definition) is 1. The second-order valence-corrected chi connectivity index (χ2v) is 5.08. The van der Waals surface area contributed by atoms with Crippen molar-refractivity contribution in [1.82, 2.24) is 9.55 Å². The van der Waals surface area contributed by atoms with Gasteiger partial charge in [-0.3, -0.25) is 14.2 Å². The van der Waals surface area contributed by atoms with Gasteiger partial charge in [0.15, 0.2) is 6.10 Å². The van der Waals surface area contributed by atoms with Gasteiger partial charge < -0.3 is 19.9 Å². The third-order valence-electron chi connectivity index (χ3n) is 3.20. The highest BCUT2D eigenvalue weighted by Crippen LogP contribution is 2.44. The van der Waals surface area contributed by atoms with Gasteiger partial charge in [-0.1, -0.05) is 0 Å². The van der Waals surface area contributed by atoms with E-state index in [0.29, 0.717) is 4.57 Å². The number of halogens is 2. The van der Waals surface area contributed by atoms with Gasteiger partial charge in [0.25, 0.3) is 0 Å². The van der Waals surface area contributed by atoms with Gasteiger partial charge in [0.05, 0.1) is 0 Å². The summed E-state index contributed by atoms with van der Waals surface area (Å²) >= 11 is 0. The van der Waals surface area contributed by atoms with Crippen LogP contribution in [0.1, 0.15) is 20.1 Å². The standard InChI is InChI=1S/C13H15F2N3O6/c1-6(19)22-5-8-10(23-7(2)20)13(14,15)11(24-8)18-4-3-9(16)17-12(18)21/h3-4,8,10-11H,5H2,1-2H3,(H2,16,17,21)/t8-,10?,11-/m1/s1. The molecule has 132 valence electrons. The van der Waals surface area contributed by atoms with Crippen LogP contribution in [0.2, 0.25) is 0 Å². The van der Waals surface area contributed by atoms with Crippen LogP contribution in [0.15, 0.2) is 17.1 Å². The number of alkyl halides is 2. The molecule has 0 aromatic carbocycles. The van der Waals surface area contributed by atoms with E-state index in [1.165, 1.54) is 0 Å². The van der Waals surface area contributed by atoms with E-state index in [4.69, 9.17) is 10.5 Å². The van der Waals surface area contributed by atoms with Crippen molar-refractivity contribution >= 4 is 17.8 Å². The third kappa shape index (κ3) is 3.50. The van der Waals surface area contributed by atoms with Crippen LogP contribution in [-0.2, 0) is 23.8 Å². The Labute approximate surface area is 134 Å². The summed E-state index contributed by atoms with van der Waals surface area (Å²) in [5.74, 6) is -5.61. The molecular weight excluding hydrogens is 332 g/mol. The molecule has 1 unspecified atom stereocenters. The van der Waals surface area contributed by atoms with Crippen LogP contribution < -0.4 is 11.4 Å². The van der Waals surface area contributed by atoms with Crippen LogP contribution in [0.25, 0.3) is 0 Å². The fourth-order valence-corrected chi connectivity index (χ4v) is 2.23. The zero-order chi connectivity index (χ0) is 18.1. The second-order valence-electron chi connectivity index (χ2n) is 5.08. The van der Waals surface area contributed by atoms with Crippen molar-refractivity contribution in [2.75, 3.05) is 12.3 Å². The summed E-state index contributed by atoms with van der Waals surface area (Å²) < 4.78 is 44.2. The van der Waals surface area contributed by atoms with Gasteiger partial charge in [0, 0.05) is 20.0 Å². The molecule has 1 aromatic heterocycles. The van der Waals surface area contributed by atoms with Gasteiger partial charge in [-0.05, 0) is 6.07 Å². The Morgan fingerprint density at radius 2 is 2.08 bits per heavy atom. The SMILES string of the molecule is CC(=O)OC[C@H]1O[C@@H](n2ccc(N)nc2=O)C(F)(F)C1OC(C)=O. The number of anilines is 1. The number of rotatable bonds is 4. The number of nitrogen functional groups attached to an aromatic ring is 1. The summed E-state index contributed by atoms with van der Waals surface area (Å²) in [7, 11) is 0. The minimum absolute atomic E-state index is 0.148. The zero-order valence-electron chi connectivity index (χ0n) is 12.8. The molecule has 0 bridgehead atoms. The number of nitrogens with zero attached hydrogens (tertiary/aromatic N) is 2. The molecule has 1 aromatic rings. The molecule has 1 aliphatic heterocycles. The fourth-order valence-electron chi connectivity index (χ4n) is 2.23. The minimum Gasteiger partial charge on any atom is -0.463 e. The van der Waals surface area contributed by atoms with Crippen LogP contribution in [0, 0.1) is 0 Å². The number of carbonyl (C=O) groups excluding carboxylic acids is 2. The van der Waals surface area contributed by atoms with Crippen molar-refractivity contribution in [3.63, 3.8) is 0 Å². The van der Waals surface area contributed by atoms with E-state index in [2.05, 4.69) is 14.5 Å². The van der Waals surface area contributed by atoms with E-state index < -0.39 is 48.6 Å².